The number of ether oxygens (including phenoxy) is 4. The van der Waals surface area contributed by atoms with Crippen LogP contribution < -0.4 is 0 Å². The molecule has 0 aromatic carbocycles. The molecule has 0 unspecified atom stereocenters. The number of piperidine rings is 1. The molecule has 8 heteroatoms. The predicted octanol–water partition coefficient (Wildman–Crippen LogP) is 0.271. The van der Waals surface area contributed by atoms with Crippen LogP contribution in [-0.2, 0) is 18.9 Å². The third-order valence-electron chi connectivity index (χ3n) is 11.6. The third-order valence-corrected chi connectivity index (χ3v) is 11.6. The summed E-state index contributed by atoms with van der Waals surface area (Å²) in [5.41, 5.74) is -3.78. The number of nitrogens with zero attached hydrogens (tertiary/aromatic N) is 1. The molecule has 8 nitrogen and oxygen atoms in total. The fourth-order valence-corrected chi connectivity index (χ4v) is 11.0. The van der Waals surface area contributed by atoms with E-state index in [2.05, 4.69) is 11.8 Å². The van der Waals surface area contributed by atoms with Gasteiger partial charge in [0.15, 0.2) is 0 Å². The van der Waals surface area contributed by atoms with Crippen molar-refractivity contribution in [1.82, 2.24) is 4.90 Å². The molecule has 7 bridgehead atoms. The van der Waals surface area contributed by atoms with E-state index in [0.29, 0.717) is 13.0 Å². The summed E-state index contributed by atoms with van der Waals surface area (Å²) >= 11 is 0. The Hall–Kier alpha value is -0.320. The van der Waals surface area contributed by atoms with Gasteiger partial charge in [-0.15, -0.1) is 0 Å². The van der Waals surface area contributed by atoms with Crippen LogP contribution in [0.2, 0.25) is 0 Å². The van der Waals surface area contributed by atoms with E-state index in [1.807, 2.05) is 0 Å². The fourth-order valence-electron chi connectivity index (χ4n) is 11.0. The Balaban J connectivity index is 1.68. The highest BCUT2D eigenvalue weighted by molar-refractivity contribution is 5.41. The second kappa shape index (κ2) is 7.13. The van der Waals surface area contributed by atoms with Crippen LogP contribution in [0.3, 0.4) is 0 Å². The van der Waals surface area contributed by atoms with Crippen molar-refractivity contribution in [3.63, 3.8) is 0 Å². The number of aliphatic hydroxyl groups excluding tert-OH is 1. The molecular weight excluding hydrogens is 426 g/mol. The highest BCUT2D eigenvalue weighted by atomic mass is 16.5. The van der Waals surface area contributed by atoms with Crippen molar-refractivity contribution < 1.29 is 34.3 Å². The van der Waals surface area contributed by atoms with Crippen molar-refractivity contribution in [3.05, 3.63) is 0 Å². The topological polar surface area (TPSA) is 101 Å². The Labute approximate surface area is 196 Å². The Morgan fingerprint density at radius 3 is 2.36 bits per heavy atom. The summed E-state index contributed by atoms with van der Waals surface area (Å²) in [5, 5.41) is 36.6. The van der Waals surface area contributed by atoms with Crippen molar-refractivity contribution in [1.29, 1.82) is 0 Å². The van der Waals surface area contributed by atoms with E-state index >= 15 is 0 Å². The first kappa shape index (κ1) is 23.1. The Morgan fingerprint density at radius 2 is 1.79 bits per heavy atom. The number of rotatable bonds is 6. The van der Waals surface area contributed by atoms with Gasteiger partial charge in [0.05, 0.1) is 37.1 Å². The summed E-state index contributed by atoms with van der Waals surface area (Å²) in [4.78, 5) is 2.33. The lowest BCUT2D eigenvalue weighted by molar-refractivity contribution is -0.320. The van der Waals surface area contributed by atoms with Gasteiger partial charge in [-0.25, -0.2) is 0 Å². The summed E-state index contributed by atoms with van der Waals surface area (Å²) in [5.74, 6) is -0.0916. The molecule has 0 aromatic heterocycles. The molecule has 6 aliphatic rings. The van der Waals surface area contributed by atoms with Crippen molar-refractivity contribution in [2.75, 3.05) is 48.1 Å². The summed E-state index contributed by atoms with van der Waals surface area (Å²) in [6, 6.07) is -0.312. The highest BCUT2D eigenvalue weighted by Crippen LogP contribution is 2.80. The summed E-state index contributed by atoms with van der Waals surface area (Å²) in [7, 11) is 6.85. The lowest BCUT2D eigenvalue weighted by Gasteiger charge is -2.70. The maximum Gasteiger partial charge on any atom is 0.136 e. The standard InChI is InChI=1S/C25H41NO7/c1-6-26-11-22(12-27)8-7-16(31-3)24-14-9-13-15(30-2)10-23(28,17(14)18(13)32-4)25(29,21(24)26)20(33-5)19(22)24/h13-21,27-29H,6-12H2,1-5H3/t13-,14-,15+,16+,17-,18+,19-,20+,21+,22-,23-,24+,25+/m1/s1. The molecule has 188 valence electrons. The van der Waals surface area contributed by atoms with Crippen molar-refractivity contribution in [2.45, 2.75) is 74.3 Å². The minimum atomic E-state index is -1.52. The van der Waals surface area contributed by atoms with Crippen LogP contribution in [0.5, 0.6) is 0 Å². The van der Waals surface area contributed by atoms with Crippen molar-refractivity contribution >= 4 is 0 Å². The van der Waals surface area contributed by atoms with Crippen LogP contribution in [0.15, 0.2) is 0 Å². The van der Waals surface area contributed by atoms with Gasteiger partial charge in [-0.3, -0.25) is 4.90 Å². The number of likely N-dealkylation sites (tertiary alicyclic amines) is 1. The monoisotopic (exact) mass is 467 g/mol. The molecule has 0 radical (unpaired) electrons. The molecule has 1 spiro atoms. The molecule has 5 saturated carbocycles. The second-order valence-electron chi connectivity index (χ2n) is 11.8. The van der Waals surface area contributed by atoms with Crippen molar-refractivity contribution in [2.24, 2.45) is 34.5 Å². The van der Waals surface area contributed by atoms with E-state index < -0.39 is 28.1 Å². The third kappa shape index (κ3) is 2.16. The molecule has 3 N–H and O–H groups in total. The molecule has 1 heterocycles. The van der Waals surface area contributed by atoms with E-state index in [-0.39, 0.29) is 54.6 Å². The highest BCUT2D eigenvalue weighted by Gasteiger charge is 2.91. The summed E-state index contributed by atoms with van der Waals surface area (Å²) < 4.78 is 24.5. The van der Waals surface area contributed by atoms with E-state index in [0.717, 1.165) is 25.8 Å². The molecule has 6 fully saturated rings. The molecule has 33 heavy (non-hydrogen) atoms. The summed E-state index contributed by atoms with van der Waals surface area (Å²) in [6.45, 7) is 3.59. The summed E-state index contributed by atoms with van der Waals surface area (Å²) in [6.07, 6.45) is 1.81. The first-order valence-electron chi connectivity index (χ1n) is 12.7. The smallest absolute Gasteiger partial charge is 0.136 e. The van der Waals surface area contributed by atoms with Gasteiger partial charge in [0.25, 0.3) is 0 Å². The van der Waals surface area contributed by atoms with Gasteiger partial charge in [0.2, 0.25) is 0 Å². The lowest BCUT2D eigenvalue weighted by atomic mass is 9.42. The zero-order valence-electron chi connectivity index (χ0n) is 20.6. The van der Waals surface area contributed by atoms with Gasteiger partial charge >= 0.3 is 0 Å². The van der Waals surface area contributed by atoms with Gasteiger partial charge in [0, 0.05) is 70.0 Å². The number of likely N-dealkylation sites (N-methyl/N-ethyl adjacent to an activating group) is 1. The van der Waals surface area contributed by atoms with Crippen molar-refractivity contribution in [3.8, 4) is 0 Å². The zero-order valence-corrected chi connectivity index (χ0v) is 20.6. The van der Waals surface area contributed by atoms with Crippen LogP contribution in [0.25, 0.3) is 0 Å². The number of aliphatic hydroxyl groups is 3. The van der Waals surface area contributed by atoms with Gasteiger partial charge in [-0.1, -0.05) is 6.92 Å². The maximum absolute atomic E-state index is 13.0. The molecule has 1 saturated heterocycles. The molecule has 1 aliphatic heterocycles. The zero-order chi connectivity index (χ0) is 23.6. The quantitative estimate of drug-likeness (QED) is 0.512. The molecular formula is C25H41NO7. The molecule has 6 rings (SSSR count). The average Bonchev–Trinajstić information content (AvgIpc) is 3.24. The minimum absolute atomic E-state index is 0.0443. The van der Waals surface area contributed by atoms with Gasteiger partial charge in [0.1, 0.15) is 11.2 Å². The molecule has 5 aliphatic carbocycles. The number of hydrogen-bond acceptors (Lipinski definition) is 8. The average molecular weight is 468 g/mol. The van der Waals surface area contributed by atoms with Gasteiger partial charge < -0.3 is 34.3 Å². The van der Waals surface area contributed by atoms with Crippen LogP contribution >= 0.6 is 0 Å². The number of fused-ring (bicyclic) bond motifs is 2. The lowest BCUT2D eigenvalue weighted by Crippen LogP contribution is -2.82. The first-order valence-corrected chi connectivity index (χ1v) is 12.7. The van der Waals surface area contributed by atoms with Crippen LogP contribution in [0.4, 0.5) is 0 Å². The number of methoxy groups -OCH3 is 4. The van der Waals surface area contributed by atoms with Crippen LogP contribution in [0, 0.1) is 34.5 Å². The van der Waals surface area contributed by atoms with E-state index in [1.165, 1.54) is 0 Å². The molecule has 13 atom stereocenters. The van der Waals surface area contributed by atoms with Crippen LogP contribution in [-0.4, -0.2) is 110 Å². The first-order chi connectivity index (χ1) is 15.8. The van der Waals surface area contributed by atoms with E-state index in [9.17, 15) is 15.3 Å². The van der Waals surface area contributed by atoms with E-state index in [4.69, 9.17) is 18.9 Å². The Bertz CT molecular complexity index is 814. The Kier molecular flexibility index (Phi) is 4.99. The fraction of sp³-hybridized carbons (Fsp3) is 1.00. The second-order valence-corrected chi connectivity index (χ2v) is 11.8. The predicted molar refractivity (Wildman–Crippen MR) is 119 cm³/mol. The maximum atomic E-state index is 13.0. The van der Waals surface area contributed by atoms with Crippen LogP contribution in [0.1, 0.15) is 32.6 Å². The SMILES string of the molecule is CCN1C[C@@]2(CO)CC[C@H](OC)[C@@]34[C@@H]5C[C@H]6[C@H](OC)[C@@H]5[C@](O)(C[C@@H]6OC)[C@](O)([C@@H](OC)[C@H]23)[C@@H]14. The molecule has 0 aromatic rings. The normalized spacial score (nSPS) is 60.9. The molecule has 0 amide bonds. The minimum Gasteiger partial charge on any atom is -0.396 e. The van der Waals surface area contributed by atoms with E-state index in [1.54, 1.807) is 28.4 Å². The van der Waals surface area contributed by atoms with Gasteiger partial charge in [-0.05, 0) is 31.7 Å². The Morgan fingerprint density at radius 1 is 1.03 bits per heavy atom. The van der Waals surface area contributed by atoms with Gasteiger partial charge in [-0.2, -0.15) is 0 Å². The number of hydrogen-bond donors (Lipinski definition) is 3. The largest absolute Gasteiger partial charge is 0.396 e.